The monoisotopic (exact) mass is 261 g/mol. The molecule has 0 unspecified atom stereocenters. The van der Waals surface area contributed by atoms with Gasteiger partial charge in [-0.15, -0.1) is 11.3 Å². The minimum atomic E-state index is 0.562. The van der Waals surface area contributed by atoms with Gasteiger partial charge in [-0.25, -0.2) is 4.98 Å². The number of anilines is 1. The number of pyridine rings is 1. The summed E-state index contributed by atoms with van der Waals surface area (Å²) in [6, 6.07) is 8.38. The fraction of sp³-hybridized carbons (Fsp3) is 0.357. The lowest BCUT2D eigenvalue weighted by atomic mass is 10.2. The van der Waals surface area contributed by atoms with E-state index in [1.165, 1.54) is 4.88 Å². The average molecular weight is 261 g/mol. The summed E-state index contributed by atoms with van der Waals surface area (Å²) in [4.78, 5) is 8.24. The zero-order valence-corrected chi connectivity index (χ0v) is 11.7. The maximum absolute atomic E-state index is 5.72. The third-order valence-electron chi connectivity index (χ3n) is 2.87. The Bertz CT molecular complexity index is 494. The summed E-state index contributed by atoms with van der Waals surface area (Å²) in [7, 11) is 0. The van der Waals surface area contributed by atoms with Gasteiger partial charge < -0.3 is 10.6 Å². The van der Waals surface area contributed by atoms with Crippen LogP contribution in [-0.2, 0) is 13.1 Å². The number of aryl methyl sites for hydroxylation is 1. The van der Waals surface area contributed by atoms with E-state index in [1.54, 1.807) is 11.3 Å². The van der Waals surface area contributed by atoms with Crippen molar-refractivity contribution >= 4 is 17.2 Å². The van der Waals surface area contributed by atoms with Crippen LogP contribution in [0.25, 0.3) is 0 Å². The van der Waals surface area contributed by atoms with Crippen molar-refractivity contribution in [2.24, 2.45) is 5.73 Å². The van der Waals surface area contributed by atoms with E-state index >= 15 is 0 Å². The molecule has 0 bridgehead atoms. The maximum atomic E-state index is 5.72. The molecule has 18 heavy (non-hydrogen) atoms. The van der Waals surface area contributed by atoms with E-state index < -0.39 is 0 Å². The van der Waals surface area contributed by atoms with Crippen LogP contribution in [0.5, 0.6) is 0 Å². The summed E-state index contributed by atoms with van der Waals surface area (Å²) in [5.74, 6) is 1.02. The highest BCUT2D eigenvalue weighted by atomic mass is 32.1. The average Bonchev–Trinajstić information content (AvgIpc) is 2.88. The topological polar surface area (TPSA) is 42.1 Å². The van der Waals surface area contributed by atoms with Crippen LogP contribution in [0.1, 0.15) is 23.1 Å². The van der Waals surface area contributed by atoms with Gasteiger partial charge in [-0.3, -0.25) is 0 Å². The molecule has 0 aliphatic carbocycles. The Morgan fingerprint density at radius 2 is 2.22 bits per heavy atom. The number of aromatic nitrogens is 1. The quantitative estimate of drug-likeness (QED) is 0.900. The predicted molar refractivity (Wildman–Crippen MR) is 77.9 cm³/mol. The van der Waals surface area contributed by atoms with Gasteiger partial charge in [0.15, 0.2) is 0 Å². The molecule has 0 spiro atoms. The van der Waals surface area contributed by atoms with Crippen LogP contribution in [0, 0.1) is 6.92 Å². The second-order valence-electron chi connectivity index (χ2n) is 4.27. The van der Waals surface area contributed by atoms with Crippen LogP contribution in [0.3, 0.4) is 0 Å². The number of hydrogen-bond donors (Lipinski definition) is 1. The molecule has 0 atom stereocenters. The van der Waals surface area contributed by atoms with Crippen LogP contribution < -0.4 is 10.6 Å². The van der Waals surface area contributed by atoms with Gasteiger partial charge >= 0.3 is 0 Å². The van der Waals surface area contributed by atoms with E-state index in [1.807, 2.05) is 13.0 Å². The number of nitrogens with two attached hydrogens (primary N) is 1. The molecule has 0 radical (unpaired) electrons. The molecule has 0 saturated carbocycles. The summed E-state index contributed by atoms with van der Waals surface area (Å²) in [6.07, 6.45) is 0. The Kier molecular flexibility index (Phi) is 4.33. The van der Waals surface area contributed by atoms with Crippen molar-refractivity contribution in [3.8, 4) is 0 Å². The van der Waals surface area contributed by atoms with Crippen molar-refractivity contribution in [3.05, 3.63) is 45.8 Å². The van der Waals surface area contributed by atoms with E-state index in [4.69, 9.17) is 5.73 Å². The summed E-state index contributed by atoms with van der Waals surface area (Å²) in [5.41, 5.74) is 7.89. The first-order valence-electron chi connectivity index (χ1n) is 6.18. The largest absolute Gasteiger partial charge is 0.352 e. The Morgan fingerprint density at radius 3 is 2.83 bits per heavy atom. The Balaban J connectivity index is 2.24. The van der Waals surface area contributed by atoms with E-state index in [2.05, 4.69) is 40.4 Å². The molecular formula is C14H19N3S. The summed E-state index contributed by atoms with van der Waals surface area (Å²) >= 11 is 1.78. The van der Waals surface area contributed by atoms with Gasteiger partial charge in [0.1, 0.15) is 5.82 Å². The molecule has 2 aromatic rings. The third kappa shape index (κ3) is 3.09. The normalized spacial score (nSPS) is 10.6. The molecule has 2 aromatic heterocycles. The predicted octanol–water partition coefficient (Wildman–Crippen LogP) is 2.94. The molecule has 2 N–H and O–H groups in total. The number of thiophene rings is 1. The minimum Gasteiger partial charge on any atom is -0.352 e. The molecule has 0 aliphatic rings. The van der Waals surface area contributed by atoms with E-state index in [9.17, 15) is 0 Å². The zero-order chi connectivity index (χ0) is 13.0. The Hall–Kier alpha value is -1.39. The molecule has 4 heteroatoms. The number of nitrogens with zero attached hydrogens (tertiary/aromatic N) is 2. The highest BCUT2D eigenvalue weighted by Crippen LogP contribution is 2.19. The van der Waals surface area contributed by atoms with Gasteiger partial charge in [-0.05, 0) is 43.0 Å². The van der Waals surface area contributed by atoms with E-state index in [-0.39, 0.29) is 0 Å². The first-order chi connectivity index (χ1) is 8.72. The molecule has 0 aromatic carbocycles. The van der Waals surface area contributed by atoms with Crippen molar-refractivity contribution < 1.29 is 0 Å². The first kappa shape index (κ1) is 13.1. The van der Waals surface area contributed by atoms with Gasteiger partial charge in [0.25, 0.3) is 0 Å². The van der Waals surface area contributed by atoms with Crippen LogP contribution in [0.2, 0.25) is 0 Å². The second-order valence-corrected chi connectivity index (χ2v) is 5.30. The zero-order valence-electron chi connectivity index (χ0n) is 10.9. The maximum Gasteiger partial charge on any atom is 0.129 e. The fourth-order valence-electron chi connectivity index (χ4n) is 1.95. The molecule has 3 nitrogen and oxygen atoms in total. The van der Waals surface area contributed by atoms with E-state index in [0.29, 0.717) is 6.54 Å². The van der Waals surface area contributed by atoms with Crippen molar-refractivity contribution in [2.75, 3.05) is 11.4 Å². The van der Waals surface area contributed by atoms with Crippen molar-refractivity contribution in [2.45, 2.75) is 26.9 Å². The number of hydrogen-bond acceptors (Lipinski definition) is 4. The lowest BCUT2D eigenvalue weighted by Gasteiger charge is -2.22. The second kappa shape index (κ2) is 5.98. The van der Waals surface area contributed by atoms with Crippen LogP contribution in [0.15, 0.2) is 29.6 Å². The number of rotatable bonds is 5. The molecular weight excluding hydrogens is 242 g/mol. The molecule has 0 aliphatic heterocycles. The standard InChI is InChI=1S/C14H19N3S/c1-3-17(10-13-5-4-6-18-13)14-8-12(9-15)7-11(2)16-14/h4-8H,3,9-10,15H2,1-2H3. The highest BCUT2D eigenvalue weighted by Gasteiger charge is 2.09. The van der Waals surface area contributed by atoms with E-state index in [0.717, 1.165) is 30.2 Å². The lowest BCUT2D eigenvalue weighted by molar-refractivity contribution is 0.816. The summed E-state index contributed by atoms with van der Waals surface area (Å²) < 4.78 is 0. The highest BCUT2D eigenvalue weighted by molar-refractivity contribution is 7.09. The molecule has 2 heterocycles. The minimum absolute atomic E-state index is 0.562. The SMILES string of the molecule is CCN(Cc1cccs1)c1cc(CN)cc(C)n1. The Morgan fingerprint density at radius 1 is 1.39 bits per heavy atom. The van der Waals surface area contributed by atoms with Crippen molar-refractivity contribution in [1.29, 1.82) is 0 Å². The first-order valence-corrected chi connectivity index (χ1v) is 7.06. The van der Waals surface area contributed by atoms with Crippen molar-refractivity contribution in [3.63, 3.8) is 0 Å². The molecule has 0 amide bonds. The summed E-state index contributed by atoms with van der Waals surface area (Å²) in [5, 5.41) is 2.11. The van der Waals surface area contributed by atoms with Gasteiger partial charge in [-0.2, -0.15) is 0 Å². The van der Waals surface area contributed by atoms with Gasteiger partial charge in [0, 0.05) is 23.7 Å². The van der Waals surface area contributed by atoms with Crippen LogP contribution in [-0.4, -0.2) is 11.5 Å². The van der Waals surface area contributed by atoms with Gasteiger partial charge in [0.05, 0.1) is 6.54 Å². The lowest BCUT2D eigenvalue weighted by Crippen LogP contribution is -2.23. The molecule has 96 valence electrons. The van der Waals surface area contributed by atoms with Gasteiger partial charge in [-0.1, -0.05) is 6.07 Å². The van der Waals surface area contributed by atoms with Crippen LogP contribution in [0.4, 0.5) is 5.82 Å². The fourth-order valence-corrected chi connectivity index (χ4v) is 2.67. The van der Waals surface area contributed by atoms with Crippen molar-refractivity contribution in [1.82, 2.24) is 4.98 Å². The third-order valence-corrected chi connectivity index (χ3v) is 3.73. The smallest absolute Gasteiger partial charge is 0.129 e. The van der Waals surface area contributed by atoms with Gasteiger partial charge in [0.2, 0.25) is 0 Å². The molecule has 2 rings (SSSR count). The van der Waals surface area contributed by atoms with Crippen LogP contribution >= 0.6 is 11.3 Å². The molecule has 0 saturated heterocycles. The Labute approximate surface area is 112 Å². The molecule has 0 fully saturated rings. The summed E-state index contributed by atoms with van der Waals surface area (Å²) in [6.45, 7) is 6.58.